The van der Waals surface area contributed by atoms with Gasteiger partial charge < -0.3 is 10.1 Å². The van der Waals surface area contributed by atoms with Crippen LogP contribution in [-0.4, -0.2) is 10.9 Å². The Hall–Kier alpha value is -2.56. The molecular weight excluding hydrogens is 359 g/mol. The number of ether oxygens (including phenoxy) is 1. The molecule has 2 aromatic carbocycles. The molecule has 0 aliphatic carbocycles. The van der Waals surface area contributed by atoms with Crippen LogP contribution in [0.5, 0.6) is 5.75 Å². The number of pyridine rings is 1. The van der Waals surface area contributed by atoms with Crippen LogP contribution < -0.4 is 10.1 Å². The second kappa shape index (κ2) is 8.01. The van der Waals surface area contributed by atoms with Crippen molar-refractivity contribution in [2.45, 2.75) is 6.61 Å². The standard InChI is InChI=1S/C19H14Cl2N2O2/c20-15-6-7-17(21)18(10-15)25-12-13-3-1-4-14(9-13)19(24)23-16-5-2-8-22-11-16/h1-11H,12H2,(H,23,24). The van der Waals surface area contributed by atoms with Gasteiger partial charge in [0.2, 0.25) is 0 Å². The van der Waals surface area contributed by atoms with Gasteiger partial charge >= 0.3 is 0 Å². The fraction of sp³-hybridized carbons (Fsp3) is 0.0526. The molecule has 0 aliphatic heterocycles. The van der Waals surface area contributed by atoms with Crippen LogP contribution in [0.4, 0.5) is 5.69 Å². The maximum Gasteiger partial charge on any atom is 0.255 e. The van der Waals surface area contributed by atoms with E-state index in [1.165, 1.54) is 0 Å². The van der Waals surface area contributed by atoms with Crippen molar-refractivity contribution in [3.05, 3.63) is 88.2 Å². The van der Waals surface area contributed by atoms with E-state index in [1.807, 2.05) is 6.07 Å². The molecule has 126 valence electrons. The number of rotatable bonds is 5. The molecular formula is C19H14Cl2N2O2. The summed E-state index contributed by atoms with van der Waals surface area (Å²) in [7, 11) is 0. The average molecular weight is 373 g/mol. The number of halogens is 2. The fourth-order valence-corrected chi connectivity index (χ4v) is 2.53. The zero-order valence-corrected chi connectivity index (χ0v) is 14.6. The van der Waals surface area contributed by atoms with E-state index in [-0.39, 0.29) is 12.5 Å². The summed E-state index contributed by atoms with van der Waals surface area (Å²) in [5.41, 5.74) is 2.01. The molecule has 0 fully saturated rings. The Bertz CT molecular complexity index is 886. The molecule has 4 nitrogen and oxygen atoms in total. The highest BCUT2D eigenvalue weighted by Crippen LogP contribution is 2.28. The van der Waals surface area contributed by atoms with Crippen molar-refractivity contribution in [3.63, 3.8) is 0 Å². The van der Waals surface area contributed by atoms with Crippen molar-refractivity contribution in [1.82, 2.24) is 4.98 Å². The van der Waals surface area contributed by atoms with Crippen LogP contribution in [-0.2, 0) is 6.61 Å². The first-order valence-corrected chi connectivity index (χ1v) is 8.25. The molecule has 1 heterocycles. The Balaban J connectivity index is 1.69. The summed E-state index contributed by atoms with van der Waals surface area (Å²) in [6.07, 6.45) is 3.24. The van der Waals surface area contributed by atoms with Crippen molar-refractivity contribution < 1.29 is 9.53 Å². The zero-order valence-electron chi connectivity index (χ0n) is 13.1. The summed E-state index contributed by atoms with van der Waals surface area (Å²) in [5, 5.41) is 3.82. The smallest absolute Gasteiger partial charge is 0.255 e. The van der Waals surface area contributed by atoms with Crippen LogP contribution in [0.1, 0.15) is 15.9 Å². The summed E-state index contributed by atoms with van der Waals surface area (Å²) in [4.78, 5) is 16.3. The number of anilines is 1. The van der Waals surface area contributed by atoms with Crippen LogP contribution in [0.3, 0.4) is 0 Å². The van der Waals surface area contributed by atoms with Crippen LogP contribution in [0.2, 0.25) is 10.0 Å². The second-order valence-corrected chi connectivity index (χ2v) is 6.10. The minimum Gasteiger partial charge on any atom is -0.487 e. The van der Waals surface area contributed by atoms with Gasteiger partial charge in [0.15, 0.2) is 0 Å². The first kappa shape index (κ1) is 17.3. The fourth-order valence-electron chi connectivity index (χ4n) is 2.19. The highest BCUT2D eigenvalue weighted by Gasteiger charge is 2.08. The summed E-state index contributed by atoms with van der Waals surface area (Å²) in [6, 6.07) is 15.7. The summed E-state index contributed by atoms with van der Waals surface area (Å²) < 4.78 is 5.70. The quantitative estimate of drug-likeness (QED) is 0.667. The lowest BCUT2D eigenvalue weighted by Gasteiger charge is -2.10. The first-order valence-electron chi connectivity index (χ1n) is 7.50. The molecule has 1 aromatic heterocycles. The third-order valence-electron chi connectivity index (χ3n) is 3.40. The molecule has 0 spiro atoms. The summed E-state index contributed by atoms with van der Waals surface area (Å²) in [5.74, 6) is 0.287. The van der Waals surface area contributed by atoms with Gasteiger partial charge in [-0.15, -0.1) is 0 Å². The molecule has 1 N–H and O–H groups in total. The van der Waals surface area contributed by atoms with E-state index in [2.05, 4.69) is 10.3 Å². The predicted octanol–water partition coefficient (Wildman–Crippen LogP) is 5.22. The van der Waals surface area contributed by atoms with Crippen LogP contribution >= 0.6 is 23.2 Å². The highest BCUT2D eigenvalue weighted by atomic mass is 35.5. The van der Waals surface area contributed by atoms with Crippen molar-refractivity contribution in [2.75, 3.05) is 5.32 Å². The Morgan fingerprint density at radius 3 is 2.76 bits per heavy atom. The number of amides is 1. The Morgan fingerprint density at radius 2 is 1.96 bits per heavy atom. The number of nitrogens with one attached hydrogen (secondary N) is 1. The summed E-state index contributed by atoms with van der Waals surface area (Å²) in [6.45, 7) is 0.272. The molecule has 0 aliphatic rings. The van der Waals surface area contributed by atoms with Crippen LogP contribution in [0.15, 0.2) is 67.0 Å². The van der Waals surface area contributed by atoms with E-state index in [4.69, 9.17) is 27.9 Å². The number of nitrogens with zero attached hydrogens (tertiary/aromatic N) is 1. The third-order valence-corrected chi connectivity index (χ3v) is 3.94. The molecule has 6 heteroatoms. The Kier molecular flexibility index (Phi) is 5.53. The maximum absolute atomic E-state index is 12.3. The van der Waals surface area contributed by atoms with Crippen LogP contribution in [0.25, 0.3) is 0 Å². The molecule has 3 rings (SSSR count). The summed E-state index contributed by atoms with van der Waals surface area (Å²) >= 11 is 12.0. The number of aromatic nitrogens is 1. The average Bonchev–Trinajstić information content (AvgIpc) is 2.63. The molecule has 1 amide bonds. The lowest BCUT2D eigenvalue weighted by atomic mass is 10.1. The molecule has 0 saturated carbocycles. The van der Waals surface area contributed by atoms with E-state index in [9.17, 15) is 4.79 Å². The van der Waals surface area contributed by atoms with Gasteiger partial charge in [-0.25, -0.2) is 0 Å². The molecule has 0 atom stereocenters. The molecule has 0 saturated heterocycles. The Morgan fingerprint density at radius 1 is 1.08 bits per heavy atom. The van der Waals surface area contributed by atoms with Gasteiger partial charge in [0.1, 0.15) is 12.4 Å². The largest absolute Gasteiger partial charge is 0.487 e. The molecule has 25 heavy (non-hydrogen) atoms. The Labute approximate surface area is 155 Å². The van der Waals surface area contributed by atoms with Gasteiger partial charge in [0.25, 0.3) is 5.91 Å². The molecule has 3 aromatic rings. The lowest BCUT2D eigenvalue weighted by molar-refractivity contribution is 0.102. The normalized spacial score (nSPS) is 10.3. The minimum atomic E-state index is -0.212. The monoisotopic (exact) mass is 372 g/mol. The van der Waals surface area contributed by atoms with E-state index in [1.54, 1.807) is 60.9 Å². The van der Waals surface area contributed by atoms with Crippen LogP contribution in [0, 0.1) is 0 Å². The minimum absolute atomic E-state index is 0.212. The molecule has 0 radical (unpaired) electrons. The molecule has 0 bridgehead atoms. The molecule has 0 unspecified atom stereocenters. The topological polar surface area (TPSA) is 51.2 Å². The number of hydrogen-bond acceptors (Lipinski definition) is 3. The third kappa shape index (κ3) is 4.72. The van der Waals surface area contributed by atoms with Crippen molar-refractivity contribution in [2.24, 2.45) is 0 Å². The number of hydrogen-bond donors (Lipinski definition) is 1. The van der Waals surface area contributed by atoms with Crippen molar-refractivity contribution >= 4 is 34.8 Å². The van der Waals surface area contributed by atoms with Crippen molar-refractivity contribution in [1.29, 1.82) is 0 Å². The van der Waals surface area contributed by atoms with Gasteiger partial charge in [0.05, 0.1) is 16.9 Å². The van der Waals surface area contributed by atoms with Gasteiger partial charge in [-0.1, -0.05) is 35.3 Å². The van der Waals surface area contributed by atoms with E-state index in [0.29, 0.717) is 27.0 Å². The van der Waals surface area contributed by atoms with Gasteiger partial charge in [-0.3, -0.25) is 9.78 Å². The van der Waals surface area contributed by atoms with E-state index in [0.717, 1.165) is 5.56 Å². The number of benzene rings is 2. The van der Waals surface area contributed by atoms with Gasteiger partial charge in [-0.2, -0.15) is 0 Å². The second-order valence-electron chi connectivity index (χ2n) is 5.26. The maximum atomic E-state index is 12.3. The van der Waals surface area contributed by atoms with E-state index < -0.39 is 0 Å². The van der Waals surface area contributed by atoms with Gasteiger partial charge in [0, 0.05) is 22.8 Å². The predicted molar refractivity (Wildman–Crippen MR) is 99.4 cm³/mol. The number of carbonyl (C=O) groups excluding carboxylic acids is 1. The number of carbonyl (C=O) groups is 1. The van der Waals surface area contributed by atoms with Crippen molar-refractivity contribution in [3.8, 4) is 5.75 Å². The van der Waals surface area contributed by atoms with E-state index >= 15 is 0 Å². The highest BCUT2D eigenvalue weighted by molar-refractivity contribution is 6.34. The lowest BCUT2D eigenvalue weighted by Crippen LogP contribution is -2.12. The SMILES string of the molecule is O=C(Nc1cccnc1)c1cccc(COc2cc(Cl)ccc2Cl)c1. The zero-order chi connectivity index (χ0) is 17.6. The first-order chi connectivity index (χ1) is 12.1. The van der Waals surface area contributed by atoms with Gasteiger partial charge in [-0.05, 0) is 42.0 Å².